The Labute approximate surface area is 122 Å². The summed E-state index contributed by atoms with van der Waals surface area (Å²) >= 11 is 1.58. The van der Waals surface area contributed by atoms with E-state index in [-0.39, 0.29) is 18.9 Å². The number of amides is 1. The molecule has 0 aliphatic heterocycles. The van der Waals surface area contributed by atoms with Crippen LogP contribution < -0.4 is 5.32 Å². The predicted octanol–water partition coefficient (Wildman–Crippen LogP) is 1.38. The maximum atomic E-state index is 11.8. The van der Waals surface area contributed by atoms with Gasteiger partial charge in [-0.15, -0.1) is 11.3 Å². The number of carbonyl (C=O) groups excluding carboxylic acids is 1. The van der Waals surface area contributed by atoms with Gasteiger partial charge >= 0.3 is 5.97 Å². The number of methoxy groups -OCH3 is 1. The van der Waals surface area contributed by atoms with Gasteiger partial charge in [0.1, 0.15) is 0 Å². The molecule has 6 nitrogen and oxygen atoms in total. The topological polar surface area (TPSA) is 88.5 Å². The quantitative estimate of drug-likeness (QED) is 0.757. The molecule has 1 unspecified atom stereocenters. The Kier molecular flexibility index (Phi) is 6.09. The lowest BCUT2D eigenvalue weighted by Crippen LogP contribution is -2.55. The van der Waals surface area contributed by atoms with Gasteiger partial charge in [0.15, 0.2) is 5.54 Å². The fourth-order valence-corrected chi connectivity index (χ4v) is 2.41. The minimum atomic E-state index is -1.39. The van der Waals surface area contributed by atoms with E-state index >= 15 is 0 Å². The summed E-state index contributed by atoms with van der Waals surface area (Å²) in [5.41, 5.74) is -0.415. The van der Waals surface area contributed by atoms with E-state index in [1.165, 1.54) is 14.0 Å². The maximum absolute atomic E-state index is 11.8. The summed E-state index contributed by atoms with van der Waals surface area (Å²) in [7, 11) is 1.40. The first-order valence-corrected chi connectivity index (χ1v) is 7.19. The number of nitrogens with zero attached hydrogens (tertiary/aromatic N) is 1. The van der Waals surface area contributed by atoms with E-state index in [0.717, 1.165) is 10.7 Å². The number of hydrogen-bond donors (Lipinski definition) is 2. The number of carboxylic acid groups (broad SMARTS) is 1. The third kappa shape index (κ3) is 4.90. The van der Waals surface area contributed by atoms with Crippen LogP contribution >= 0.6 is 11.3 Å². The third-order valence-corrected chi connectivity index (χ3v) is 3.65. The van der Waals surface area contributed by atoms with Gasteiger partial charge in [0.05, 0.1) is 17.3 Å². The minimum Gasteiger partial charge on any atom is -0.479 e. The molecule has 112 valence electrons. The molecule has 0 fully saturated rings. The number of ether oxygens (including phenoxy) is 1. The summed E-state index contributed by atoms with van der Waals surface area (Å²) in [5.74, 6) is -1.40. The second-order valence-electron chi connectivity index (χ2n) is 4.83. The molecular formula is C13H20N2O4S. The lowest BCUT2D eigenvalue weighted by atomic mass is 10.0. The van der Waals surface area contributed by atoms with Gasteiger partial charge in [-0.3, -0.25) is 4.79 Å². The van der Waals surface area contributed by atoms with Crippen molar-refractivity contribution in [1.82, 2.24) is 10.3 Å². The molecule has 1 aromatic rings. The molecule has 0 saturated heterocycles. The molecule has 1 heterocycles. The first-order chi connectivity index (χ1) is 9.37. The molecule has 0 radical (unpaired) electrons. The van der Waals surface area contributed by atoms with Crippen LogP contribution in [0.1, 0.15) is 30.5 Å². The second kappa shape index (κ2) is 7.35. The molecule has 0 aliphatic carbocycles. The van der Waals surface area contributed by atoms with Crippen LogP contribution in [0.15, 0.2) is 5.38 Å². The van der Waals surface area contributed by atoms with Crippen molar-refractivity contribution in [3.63, 3.8) is 0 Å². The number of rotatable bonds is 8. The molecule has 1 aromatic heterocycles. The van der Waals surface area contributed by atoms with Crippen LogP contribution in [0.2, 0.25) is 0 Å². The molecule has 0 saturated carbocycles. The van der Waals surface area contributed by atoms with E-state index in [1.54, 1.807) is 11.3 Å². The molecule has 0 aromatic carbocycles. The number of carboxylic acids is 1. The van der Waals surface area contributed by atoms with Crippen molar-refractivity contribution in [2.45, 2.75) is 38.6 Å². The number of nitrogens with one attached hydrogen (secondary N) is 1. The summed E-state index contributed by atoms with van der Waals surface area (Å²) < 4.78 is 4.84. The molecule has 1 rings (SSSR count). The third-order valence-electron chi connectivity index (χ3n) is 2.82. The minimum absolute atomic E-state index is 0.0701. The highest BCUT2D eigenvalue weighted by Gasteiger charge is 2.34. The van der Waals surface area contributed by atoms with E-state index in [0.29, 0.717) is 12.8 Å². The Balaban J connectivity index is 2.40. The molecule has 0 bridgehead atoms. The maximum Gasteiger partial charge on any atom is 0.331 e. The number of aryl methyl sites for hydroxylation is 2. The van der Waals surface area contributed by atoms with Gasteiger partial charge < -0.3 is 15.2 Å². The van der Waals surface area contributed by atoms with Gasteiger partial charge in [-0.1, -0.05) is 0 Å². The van der Waals surface area contributed by atoms with E-state index in [2.05, 4.69) is 10.3 Å². The van der Waals surface area contributed by atoms with Crippen LogP contribution in [0.25, 0.3) is 0 Å². The van der Waals surface area contributed by atoms with E-state index in [4.69, 9.17) is 9.84 Å². The van der Waals surface area contributed by atoms with Crippen molar-refractivity contribution in [2.75, 3.05) is 13.7 Å². The summed E-state index contributed by atoms with van der Waals surface area (Å²) in [6, 6.07) is 0. The molecule has 0 aliphatic rings. The summed E-state index contributed by atoms with van der Waals surface area (Å²) in [6.45, 7) is 3.30. The average Bonchev–Trinajstić information content (AvgIpc) is 2.75. The molecule has 7 heteroatoms. The van der Waals surface area contributed by atoms with Crippen molar-refractivity contribution in [2.24, 2.45) is 0 Å². The first kappa shape index (κ1) is 16.6. The lowest BCUT2D eigenvalue weighted by molar-refractivity contribution is -0.149. The Hall–Kier alpha value is -1.47. The standard InChI is InChI=1S/C13H20N2O4S/c1-9-14-10(7-20-9)5-4-6-11(16)15-13(2,8-19-3)12(17)18/h7H,4-6,8H2,1-3H3,(H,15,16)(H,17,18). The molecule has 0 spiro atoms. The number of thiazole rings is 1. The predicted molar refractivity (Wildman–Crippen MR) is 75.8 cm³/mol. The Morgan fingerprint density at radius 2 is 2.25 bits per heavy atom. The van der Waals surface area contributed by atoms with Crippen LogP contribution in [0.5, 0.6) is 0 Å². The van der Waals surface area contributed by atoms with Gasteiger partial charge in [0.25, 0.3) is 0 Å². The normalized spacial score (nSPS) is 13.8. The van der Waals surface area contributed by atoms with E-state index in [9.17, 15) is 9.59 Å². The van der Waals surface area contributed by atoms with Gasteiger partial charge in [0.2, 0.25) is 5.91 Å². The number of aliphatic carboxylic acids is 1. The fraction of sp³-hybridized carbons (Fsp3) is 0.615. The first-order valence-electron chi connectivity index (χ1n) is 6.32. The summed E-state index contributed by atoms with van der Waals surface area (Å²) in [4.78, 5) is 27.2. The zero-order valence-electron chi connectivity index (χ0n) is 11.9. The fourth-order valence-electron chi connectivity index (χ4n) is 1.76. The SMILES string of the molecule is COCC(C)(NC(=O)CCCc1csc(C)n1)C(=O)O. The highest BCUT2D eigenvalue weighted by molar-refractivity contribution is 7.09. The van der Waals surface area contributed by atoms with Crippen molar-refractivity contribution >= 4 is 23.2 Å². The smallest absolute Gasteiger partial charge is 0.331 e. The van der Waals surface area contributed by atoms with E-state index in [1.807, 2.05) is 12.3 Å². The van der Waals surface area contributed by atoms with Crippen molar-refractivity contribution in [1.29, 1.82) is 0 Å². The van der Waals surface area contributed by atoms with Crippen molar-refractivity contribution in [3.05, 3.63) is 16.1 Å². The van der Waals surface area contributed by atoms with Gasteiger partial charge in [-0.2, -0.15) is 0 Å². The Morgan fingerprint density at radius 3 is 2.75 bits per heavy atom. The van der Waals surface area contributed by atoms with Gasteiger partial charge in [-0.05, 0) is 26.7 Å². The van der Waals surface area contributed by atoms with Crippen LogP contribution in [0.4, 0.5) is 0 Å². The number of carbonyl (C=O) groups is 2. The van der Waals surface area contributed by atoms with Crippen LogP contribution in [-0.2, 0) is 20.7 Å². The highest BCUT2D eigenvalue weighted by atomic mass is 32.1. The average molecular weight is 300 g/mol. The van der Waals surface area contributed by atoms with Crippen molar-refractivity contribution in [3.8, 4) is 0 Å². The number of aromatic nitrogens is 1. The van der Waals surface area contributed by atoms with Crippen molar-refractivity contribution < 1.29 is 19.4 Å². The monoisotopic (exact) mass is 300 g/mol. The molecule has 1 amide bonds. The highest BCUT2D eigenvalue weighted by Crippen LogP contribution is 2.11. The number of hydrogen-bond acceptors (Lipinski definition) is 5. The van der Waals surface area contributed by atoms with Crippen LogP contribution in [0, 0.1) is 6.92 Å². The van der Waals surface area contributed by atoms with E-state index < -0.39 is 11.5 Å². The Morgan fingerprint density at radius 1 is 1.55 bits per heavy atom. The van der Waals surface area contributed by atoms with Gasteiger partial charge in [0, 0.05) is 18.9 Å². The van der Waals surface area contributed by atoms with Crippen LogP contribution in [-0.4, -0.2) is 41.2 Å². The zero-order valence-corrected chi connectivity index (χ0v) is 12.7. The molecule has 1 atom stereocenters. The second-order valence-corrected chi connectivity index (χ2v) is 5.89. The molecule has 2 N–H and O–H groups in total. The summed E-state index contributed by atoms with van der Waals surface area (Å²) in [6.07, 6.45) is 1.62. The summed E-state index contributed by atoms with van der Waals surface area (Å²) in [5, 5.41) is 14.6. The van der Waals surface area contributed by atoms with Crippen LogP contribution in [0.3, 0.4) is 0 Å². The Bertz CT molecular complexity index is 475. The largest absolute Gasteiger partial charge is 0.479 e. The molecular weight excluding hydrogens is 280 g/mol. The molecule has 20 heavy (non-hydrogen) atoms. The zero-order chi connectivity index (χ0) is 15.2. The van der Waals surface area contributed by atoms with Gasteiger partial charge in [-0.25, -0.2) is 9.78 Å². The lowest BCUT2D eigenvalue weighted by Gasteiger charge is -2.25.